The van der Waals surface area contributed by atoms with Crippen molar-refractivity contribution in [2.75, 3.05) is 70.2 Å². The summed E-state index contributed by atoms with van der Waals surface area (Å²) in [5.74, 6) is 0.0426. The molecule has 3 aromatic rings. The van der Waals surface area contributed by atoms with Crippen molar-refractivity contribution in [3.63, 3.8) is 0 Å². The van der Waals surface area contributed by atoms with Crippen LogP contribution in [0.4, 0.5) is 17.2 Å². The van der Waals surface area contributed by atoms with Gasteiger partial charge in [-0.15, -0.1) is 10.2 Å². The van der Waals surface area contributed by atoms with Crippen LogP contribution < -0.4 is 20.7 Å². The number of ether oxygens (including phenoxy) is 1. The maximum absolute atomic E-state index is 13.8. The van der Waals surface area contributed by atoms with Crippen LogP contribution in [-0.4, -0.2) is 152 Å². The molecule has 1 aliphatic carbocycles. The molecule has 4 N–H and O–H groups in total. The number of likely N-dealkylation sites (tertiary alicyclic amines) is 1. The van der Waals surface area contributed by atoms with E-state index >= 15 is 0 Å². The monoisotopic (exact) mass is 696 g/mol. The van der Waals surface area contributed by atoms with Crippen LogP contribution in [0.25, 0.3) is 11.3 Å². The average molecular weight is 696 g/mol. The van der Waals surface area contributed by atoms with Crippen molar-refractivity contribution < 1.29 is 24.2 Å². The van der Waals surface area contributed by atoms with Crippen molar-refractivity contribution in [3.05, 3.63) is 41.7 Å². The van der Waals surface area contributed by atoms with Gasteiger partial charge in [-0.25, -0.2) is 0 Å². The van der Waals surface area contributed by atoms with Crippen LogP contribution in [-0.2, 0) is 11.8 Å². The number of benzene rings is 1. The van der Waals surface area contributed by atoms with Gasteiger partial charge in [0.15, 0.2) is 17.3 Å². The standard InChI is InChI=1S/C33H47B3N10O5/c1-43-26(32(50)46-10-8-21(9-11-46)45-14-12-44(13-15-45)16-17-47)18-24(42-43)22-4-3-5-23(29(22)51-2)37-25-19-27(38-30(48)20-6-7-20)40-41-28(25)31(49)39-33(34,35)36/h3-5,18-21,47H,6-17,34-36H2,1-2H3,(H,39,49)(H2,37,38,40,48). The highest BCUT2D eigenvalue weighted by Gasteiger charge is 2.32. The second-order valence-electron chi connectivity index (χ2n) is 14.6. The fourth-order valence-electron chi connectivity index (χ4n) is 6.78. The number of hydrogen-bond donors (Lipinski definition) is 4. The number of β-amino-alcohol motifs (C(OH)–C–C–N with tert-alkyl or cyclic N) is 1. The van der Waals surface area contributed by atoms with Gasteiger partial charge in [-0.3, -0.25) is 28.9 Å². The van der Waals surface area contributed by atoms with Gasteiger partial charge < -0.3 is 30.7 Å². The number of piperazine rings is 1. The summed E-state index contributed by atoms with van der Waals surface area (Å²) in [6.07, 6.45) is 3.52. The van der Waals surface area contributed by atoms with Crippen molar-refractivity contribution in [1.82, 2.24) is 40.0 Å². The molecule has 6 rings (SSSR count). The predicted molar refractivity (Wildman–Crippen MR) is 202 cm³/mol. The molecule has 0 unspecified atom stereocenters. The van der Waals surface area contributed by atoms with Crippen LogP contribution in [0.1, 0.15) is 46.7 Å². The van der Waals surface area contributed by atoms with Gasteiger partial charge >= 0.3 is 0 Å². The third kappa shape index (κ3) is 8.74. The number of aryl methyl sites for hydroxylation is 1. The number of methoxy groups -OCH3 is 1. The maximum Gasteiger partial charge on any atom is 0.272 e. The summed E-state index contributed by atoms with van der Waals surface area (Å²) in [6, 6.07) is 9.35. The van der Waals surface area contributed by atoms with Crippen LogP contribution in [0.15, 0.2) is 30.3 Å². The molecule has 15 nitrogen and oxygen atoms in total. The molecule has 268 valence electrons. The Kier molecular flexibility index (Phi) is 11.0. The summed E-state index contributed by atoms with van der Waals surface area (Å²) in [5, 5.41) is 30.8. The van der Waals surface area contributed by atoms with Crippen molar-refractivity contribution in [2.24, 2.45) is 13.0 Å². The number of para-hydroxylation sites is 1. The van der Waals surface area contributed by atoms with E-state index in [-0.39, 0.29) is 35.9 Å². The zero-order valence-corrected chi connectivity index (χ0v) is 30.2. The van der Waals surface area contributed by atoms with E-state index in [2.05, 4.69) is 35.9 Å². The van der Waals surface area contributed by atoms with E-state index in [1.807, 2.05) is 46.6 Å². The van der Waals surface area contributed by atoms with Crippen molar-refractivity contribution in [2.45, 2.75) is 37.0 Å². The number of carbonyl (C=O) groups excluding carboxylic acids is 3. The van der Waals surface area contributed by atoms with E-state index in [0.717, 1.165) is 58.4 Å². The van der Waals surface area contributed by atoms with E-state index in [1.165, 1.54) is 0 Å². The van der Waals surface area contributed by atoms with Gasteiger partial charge in [0.2, 0.25) is 5.91 Å². The lowest BCUT2D eigenvalue weighted by atomic mass is 9.49. The molecule has 2 aliphatic heterocycles. The zero-order valence-electron chi connectivity index (χ0n) is 30.2. The molecule has 0 bridgehead atoms. The molecule has 3 aliphatic rings. The normalized spacial score (nSPS) is 17.6. The summed E-state index contributed by atoms with van der Waals surface area (Å²) < 4.78 is 7.51. The first-order chi connectivity index (χ1) is 24.4. The lowest BCUT2D eigenvalue weighted by Gasteiger charge is -2.42. The summed E-state index contributed by atoms with van der Waals surface area (Å²) in [7, 11) is 8.94. The van der Waals surface area contributed by atoms with E-state index in [9.17, 15) is 19.5 Å². The molecule has 0 radical (unpaired) electrons. The lowest BCUT2D eigenvalue weighted by Crippen LogP contribution is -2.54. The van der Waals surface area contributed by atoms with Crippen LogP contribution in [0, 0.1) is 5.92 Å². The molecule has 2 aromatic heterocycles. The van der Waals surface area contributed by atoms with Gasteiger partial charge in [-0.2, -0.15) is 5.10 Å². The number of carbonyl (C=O) groups is 3. The molecular formula is C33H47B3N10O5. The molecule has 3 amide bonds. The van der Waals surface area contributed by atoms with Crippen LogP contribution in [0.5, 0.6) is 5.75 Å². The number of aliphatic hydroxyl groups excluding tert-OH is 1. The Hall–Kier alpha value is -4.41. The van der Waals surface area contributed by atoms with Crippen molar-refractivity contribution >= 4 is 58.5 Å². The van der Waals surface area contributed by atoms with Gasteiger partial charge in [0, 0.05) is 76.5 Å². The minimum atomic E-state index is -0.520. The number of rotatable bonds is 12. The van der Waals surface area contributed by atoms with E-state index < -0.39 is 11.1 Å². The lowest BCUT2D eigenvalue weighted by molar-refractivity contribution is -0.117. The number of hydrogen-bond acceptors (Lipinski definition) is 11. The molecule has 18 heteroatoms. The number of aromatic nitrogens is 4. The molecule has 2 saturated heterocycles. The highest BCUT2D eigenvalue weighted by molar-refractivity contribution is 6.60. The molecule has 1 aromatic carbocycles. The topological polar surface area (TPSA) is 170 Å². The Balaban J connectivity index is 1.19. The minimum Gasteiger partial charge on any atom is -0.494 e. The smallest absolute Gasteiger partial charge is 0.272 e. The second kappa shape index (κ2) is 15.5. The number of anilines is 3. The van der Waals surface area contributed by atoms with Gasteiger partial charge in [0.1, 0.15) is 29.2 Å². The van der Waals surface area contributed by atoms with Crippen LogP contribution in [0.3, 0.4) is 0 Å². The van der Waals surface area contributed by atoms with Crippen molar-refractivity contribution in [1.29, 1.82) is 0 Å². The SMILES string of the molecule is BC(B)(B)NC(=O)c1nnc(NC(=O)C2CC2)cc1Nc1cccc(-c2cc(C(=O)N3CCC(N4CCN(CCO)CC4)CC3)n(C)n2)c1OC. The van der Waals surface area contributed by atoms with Gasteiger partial charge in [0.25, 0.3) is 11.8 Å². The zero-order chi connectivity index (χ0) is 36.3. The second-order valence-corrected chi connectivity index (χ2v) is 14.6. The Morgan fingerprint density at radius 3 is 2.35 bits per heavy atom. The highest BCUT2D eigenvalue weighted by atomic mass is 16.5. The number of nitrogens with zero attached hydrogens (tertiary/aromatic N) is 7. The fraction of sp³-hybridized carbons (Fsp3) is 0.515. The molecular weight excluding hydrogens is 649 g/mol. The van der Waals surface area contributed by atoms with Gasteiger partial charge in [0.05, 0.1) is 30.8 Å². The molecule has 0 spiro atoms. The Morgan fingerprint density at radius 2 is 1.71 bits per heavy atom. The predicted octanol–water partition coefficient (Wildman–Crippen LogP) is -1.57. The van der Waals surface area contributed by atoms with Crippen LogP contribution >= 0.6 is 0 Å². The number of aliphatic hydroxyl groups is 1. The first-order valence-electron chi connectivity index (χ1n) is 17.8. The first-order valence-corrected chi connectivity index (χ1v) is 17.8. The highest BCUT2D eigenvalue weighted by Crippen LogP contribution is 2.38. The third-order valence-corrected chi connectivity index (χ3v) is 9.65. The van der Waals surface area contributed by atoms with Crippen molar-refractivity contribution in [3.8, 4) is 17.0 Å². The Bertz CT molecular complexity index is 1750. The third-order valence-electron chi connectivity index (χ3n) is 9.65. The maximum atomic E-state index is 13.8. The summed E-state index contributed by atoms with van der Waals surface area (Å²) >= 11 is 0. The molecule has 3 fully saturated rings. The number of piperidine rings is 1. The summed E-state index contributed by atoms with van der Waals surface area (Å²) in [6.45, 7) is 6.17. The van der Waals surface area contributed by atoms with Gasteiger partial charge in [-0.1, -0.05) is 6.07 Å². The minimum absolute atomic E-state index is 0.0319. The van der Waals surface area contributed by atoms with Crippen LogP contribution in [0.2, 0.25) is 0 Å². The fourth-order valence-corrected chi connectivity index (χ4v) is 6.78. The molecule has 0 atom stereocenters. The quantitative estimate of drug-likeness (QED) is 0.162. The molecule has 51 heavy (non-hydrogen) atoms. The Labute approximate surface area is 301 Å². The largest absolute Gasteiger partial charge is 0.494 e. The van der Waals surface area contributed by atoms with E-state index in [1.54, 1.807) is 31.0 Å². The first kappa shape index (κ1) is 36.4. The average Bonchev–Trinajstić information content (AvgIpc) is 3.89. The number of nitrogens with one attached hydrogen (secondary N) is 3. The van der Waals surface area contributed by atoms with Gasteiger partial charge in [-0.05, 0) is 49.1 Å². The van der Waals surface area contributed by atoms with E-state index in [0.29, 0.717) is 53.2 Å². The Morgan fingerprint density at radius 1 is 0.980 bits per heavy atom. The van der Waals surface area contributed by atoms with E-state index in [4.69, 9.17) is 9.84 Å². The molecule has 4 heterocycles. The summed E-state index contributed by atoms with van der Waals surface area (Å²) in [4.78, 5) is 46.3. The number of amides is 3. The summed E-state index contributed by atoms with van der Waals surface area (Å²) in [5.41, 5.74) is 2.62. The molecule has 1 saturated carbocycles.